The summed E-state index contributed by atoms with van der Waals surface area (Å²) in [4.78, 5) is 2.47. The predicted octanol–water partition coefficient (Wildman–Crippen LogP) is 0.0526. The summed E-state index contributed by atoms with van der Waals surface area (Å²) in [6, 6.07) is 0. The van der Waals surface area contributed by atoms with E-state index in [-0.39, 0.29) is 6.10 Å². The fraction of sp³-hybridized carbons (Fsp3) is 1.00. The zero-order chi connectivity index (χ0) is 8.81. The minimum atomic E-state index is -0.219. The van der Waals surface area contributed by atoms with Gasteiger partial charge in [0, 0.05) is 19.6 Å². The zero-order valence-electron chi connectivity index (χ0n) is 7.92. The van der Waals surface area contributed by atoms with Crippen LogP contribution in [0.4, 0.5) is 0 Å². The molecule has 1 rings (SSSR count). The average Bonchev–Trinajstić information content (AvgIpc) is 2.49. The van der Waals surface area contributed by atoms with Crippen LogP contribution in [0.15, 0.2) is 0 Å². The van der Waals surface area contributed by atoms with Crippen molar-refractivity contribution in [3.8, 4) is 0 Å². The van der Waals surface area contributed by atoms with E-state index in [1.165, 1.54) is 25.9 Å². The first-order valence-electron chi connectivity index (χ1n) is 4.90. The molecule has 0 radical (unpaired) electrons. The van der Waals surface area contributed by atoms with E-state index in [1.807, 2.05) is 6.92 Å². The van der Waals surface area contributed by atoms with Gasteiger partial charge in [-0.05, 0) is 32.9 Å². The van der Waals surface area contributed by atoms with Gasteiger partial charge in [-0.25, -0.2) is 0 Å². The largest absolute Gasteiger partial charge is 0.392 e. The highest BCUT2D eigenvalue weighted by molar-refractivity contribution is 4.67. The summed E-state index contributed by atoms with van der Waals surface area (Å²) >= 11 is 0. The van der Waals surface area contributed by atoms with Crippen LogP contribution in [0, 0.1) is 0 Å². The van der Waals surface area contributed by atoms with Crippen molar-refractivity contribution in [3.05, 3.63) is 0 Å². The molecule has 2 N–H and O–H groups in total. The highest BCUT2D eigenvalue weighted by Gasteiger charge is 2.09. The molecular formula is C9H20N2O. The van der Waals surface area contributed by atoms with Gasteiger partial charge >= 0.3 is 0 Å². The summed E-state index contributed by atoms with van der Waals surface area (Å²) in [7, 11) is 0. The van der Waals surface area contributed by atoms with E-state index in [2.05, 4.69) is 10.2 Å². The summed E-state index contributed by atoms with van der Waals surface area (Å²) in [5, 5.41) is 12.2. The second-order valence-electron chi connectivity index (χ2n) is 3.60. The van der Waals surface area contributed by atoms with Crippen LogP contribution >= 0.6 is 0 Å². The molecule has 1 saturated heterocycles. The number of nitrogens with one attached hydrogen (secondary N) is 1. The van der Waals surface area contributed by atoms with E-state index < -0.39 is 0 Å². The highest BCUT2D eigenvalue weighted by atomic mass is 16.3. The van der Waals surface area contributed by atoms with Gasteiger partial charge in [-0.2, -0.15) is 0 Å². The number of likely N-dealkylation sites (tertiary alicyclic amines) is 1. The molecule has 0 spiro atoms. The Labute approximate surface area is 74.8 Å². The molecule has 1 aliphatic rings. The number of hydrogen-bond acceptors (Lipinski definition) is 3. The second kappa shape index (κ2) is 5.51. The van der Waals surface area contributed by atoms with E-state index in [1.54, 1.807) is 0 Å². The molecule has 0 unspecified atom stereocenters. The van der Waals surface area contributed by atoms with Crippen molar-refractivity contribution in [2.24, 2.45) is 0 Å². The molecule has 0 aromatic rings. The van der Waals surface area contributed by atoms with Crippen LogP contribution in [-0.2, 0) is 0 Å². The van der Waals surface area contributed by atoms with Gasteiger partial charge in [-0.15, -0.1) is 0 Å². The van der Waals surface area contributed by atoms with Crippen molar-refractivity contribution in [2.75, 3.05) is 32.7 Å². The first kappa shape index (κ1) is 9.96. The fourth-order valence-electron chi connectivity index (χ4n) is 1.55. The monoisotopic (exact) mass is 172 g/mol. The standard InChI is InChI=1S/C9H20N2O/c1-9(12)8-10-4-7-11-5-2-3-6-11/h9-10,12H,2-8H2,1H3/t9-/m1/s1. The molecule has 1 heterocycles. The Morgan fingerprint density at radius 1 is 1.42 bits per heavy atom. The molecule has 1 fully saturated rings. The molecule has 12 heavy (non-hydrogen) atoms. The Kier molecular flexibility index (Phi) is 4.58. The molecule has 0 bridgehead atoms. The van der Waals surface area contributed by atoms with Gasteiger partial charge in [0.1, 0.15) is 0 Å². The Hall–Kier alpha value is -0.120. The van der Waals surface area contributed by atoms with Crippen LogP contribution in [0.2, 0.25) is 0 Å². The molecule has 0 aliphatic carbocycles. The van der Waals surface area contributed by atoms with Gasteiger partial charge in [0.15, 0.2) is 0 Å². The number of rotatable bonds is 5. The van der Waals surface area contributed by atoms with Crippen molar-refractivity contribution in [2.45, 2.75) is 25.9 Å². The van der Waals surface area contributed by atoms with Crippen molar-refractivity contribution in [1.82, 2.24) is 10.2 Å². The summed E-state index contributed by atoms with van der Waals surface area (Å²) < 4.78 is 0. The fourth-order valence-corrected chi connectivity index (χ4v) is 1.55. The maximum Gasteiger partial charge on any atom is 0.0636 e. The first-order chi connectivity index (χ1) is 5.79. The third-order valence-electron chi connectivity index (χ3n) is 2.24. The van der Waals surface area contributed by atoms with Crippen molar-refractivity contribution < 1.29 is 5.11 Å². The normalized spacial score (nSPS) is 21.5. The van der Waals surface area contributed by atoms with Crippen LogP contribution in [0.5, 0.6) is 0 Å². The summed E-state index contributed by atoms with van der Waals surface area (Å²) in [5.74, 6) is 0. The van der Waals surface area contributed by atoms with Crippen LogP contribution < -0.4 is 5.32 Å². The molecule has 0 aromatic carbocycles. The molecule has 72 valence electrons. The van der Waals surface area contributed by atoms with Crippen molar-refractivity contribution >= 4 is 0 Å². The third kappa shape index (κ3) is 4.04. The molecule has 0 saturated carbocycles. The van der Waals surface area contributed by atoms with Gasteiger partial charge in [0.05, 0.1) is 6.10 Å². The number of nitrogens with zero attached hydrogens (tertiary/aromatic N) is 1. The Bertz CT molecular complexity index is 111. The van der Waals surface area contributed by atoms with Crippen molar-refractivity contribution in [1.29, 1.82) is 0 Å². The maximum atomic E-state index is 8.97. The lowest BCUT2D eigenvalue weighted by Crippen LogP contribution is -2.33. The number of aliphatic hydroxyl groups excluding tert-OH is 1. The molecule has 3 nitrogen and oxygen atoms in total. The molecule has 1 aliphatic heterocycles. The van der Waals surface area contributed by atoms with Crippen LogP contribution in [0.3, 0.4) is 0 Å². The Morgan fingerprint density at radius 2 is 2.08 bits per heavy atom. The lowest BCUT2D eigenvalue weighted by molar-refractivity contribution is 0.189. The number of hydrogen-bond donors (Lipinski definition) is 2. The van der Waals surface area contributed by atoms with E-state index >= 15 is 0 Å². The van der Waals surface area contributed by atoms with Gasteiger partial charge < -0.3 is 15.3 Å². The first-order valence-corrected chi connectivity index (χ1v) is 4.90. The Balaban J connectivity index is 1.88. The van der Waals surface area contributed by atoms with E-state index in [0.29, 0.717) is 6.54 Å². The quantitative estimate of drug-likeness (QED) is 0.575. The van der Waals surface area contributed by atoms with Crippen molar-refractivity contribution in [3.63, 3.8) is 0 Å². The van der Waals surface area contributed by atoms with Gasteiger partial charge in [0.2, 0.25) is 0 Å². The molecule has 1 atom stereocenters. The van der Waals surface area contributed by atoms with E-state index in [4.69, 9.17) is 5.11 Å². The summed E-state index contributed by atoms with van der Waals surface area (Å²) in [6.45, 7) is 7.18. The topological polar surface area (TPSA) is 35.5 Å². The lowest BCUT2D eigenvalue weighted by atomic mass is 10.4. The summed E-state index contributed by atoms with van der Waals surface area (Å²) in [6.07, 6.45) is 2.50. The molecule has 3 heteroatoms. The van der Waals surface area contributed by atoms with E-state index in [9.17, 15) is 0 Å². The average molecular weight is 172 g/mol. The van der Waals surface area contributed by atoms with Crippen LogP contribution in [0.25, 0.3) is 0 Å². The second-order valence-corrected chi connectivity index (χ2v) is 3.60. The minimum Gasteiger partial charge on any atom is -0.392 e. The molecule has 0 amide bonds. The highest BCUT2D eigenvalue weighted by Crippen LogP contribution is 2.05. The molecule has 0 aromatic heterocycles. The zero-order valence-corrected chi connectivity index (χ0v) is 7.92. The smallest absolute Gasteiger partial charge is 0.0636 e. The number of aliphatic hydroxyl groups is 1. The van der Waals surface area contributed by atoms with Crippen LogP contribution in [-0.4, -0.2) is 48.8 Å². The third-order valence-corrected chi connectivity index (χ3v) is 2.24. The predicted molar refractivity (Wildman–Crippen MR) is 50.2 cm³/mol. The SMILES string of the molecule is C[C@@H](O)CNCCN1CCCC1. The van der Waals surface area contributed by atoms with Gasteiger partial charge in [0.25, 0.3) is 0 Å². The van der Waals surface area contributed by atoms with Gasteiger partial charge in [-0.3, -0.25) is 0 Å². The lowest BCUT2D eigenvalue weighted by Gasteiger charge is -2.15. The Morgan fingerprint density at radius 3 is 2.67 bits per heavy atom. The van der Waals surface area contributed by atoms with Gasteiger partial charge in [-0.1, -0.05) is 0 Å². The van der Waals surface area contributed by atoms with Crippen LogP contribution in [0.1, 0.15) is 19.8 Å². The maximum absolute atomic E-state index is 8.97. The summed E-state index contributed by atoms with van der Waals surface area (Å²) in [5.41, 5.74) is 0. The molecular weight excluding hydrogens is 152 g/mol. The minimum absolute atomic E-state index is 0.219. The van der Waals surface area contributed by atoms with E-state index in [0.717, 1.165) is 13.1 Å².